The molecule has 0 bridgehead atoms. The first-order chi connectivity index (χ1) is 35.2. The summed E-state index contributed by atoms with van der Waals surface area (Å²) < 4.78 is 38.7. The zero-order valence-corrected chi connectivity index (χ0v) is 40.3. The Morgan fingerprint density at radius 2 is 1.65 bits per heavy atom. The van der Waals surface area contributed by atoms with E-state index in [0.29, 0.717) is 47.1 Å². The average molecular weight is 981 g/mol. The number of allylic oxidation sites excluding steroid dienone is 1. The van der Waals surface area contributed by atoms with Gasteiger partial charge in [-0.15, -0.1) is 6.58 Å². The fourth-order valence-electron chi connectivity index (χ4n) is 10.7. The third-order valence-electron chi connectivity index (χ3n) is 13.9. The molecule has 1 aromatic heterocycles. The minimum Gasteiger partial charge on any atom is -0.487 e. The van der Waals surface area contributed by atoms with Crippen LogP contribution in [0.15, 0.2) is 139 Å². The highest BCUT2D eigenvalue weighted by Crippen LogP contribution is 2.62. The number of aliphatic hydroxyl groups excluding tert-OH is 2. The summed E-state index contributed by atoms with van der Waals surface area (Å²) in [6.07, 6.45) is 7.47. The number of nitro groups is 1. The summed E-state index contributed by atoms with van der Waals surface area (Å²) in [7, 11) is 0. The van der Waals surface area contributed by atoms with Crippen LogP contribution in [0, 0.1) is 34.8 Å². The van der Waals surface area contributed by atoms with Crippen LogP contribution < -0.4 is 23.7 Å². The number of ether oxygens (including phenoxy) is 6. The monoisotopic (exact) mass is 980 g/mol. The Morgan fingerprint density at radius 3 is 2.42 bits per heavy atom. The smallest absolute Gasteiger partial charge is 0.416 e. The summed E-state index contributed by atoms with van der Waals surface area (Å²) in [5.41, 5.74) is 5.44. The number of fused-ring (bicyclic) bond motifs is 3. The van der Waals surface area contributed by atoms with Gasteiger partial charge in [-0.1, -0.05) is 72.6 Å². The van der Waals surface area contributed by atoms with Gasteiger partial charge in [-0.2, -0.15) is 0 Å². The molecule has 2 aliphatic heterocycles. The van der Waals surface area contributed by atoms with Gasteiger partial charge in [-0.05, 0) is 116 Å². The van der Waals surface area contributed by atoms with Gasteiger partial charge in [0, 0.05) is 55.5 Å². The molecule has 4 aliphatic rings. The number of hydrogen-bond donors (Lipinski definition) is 2. The Labute approximate surface area is 418 Å². The van der Waals surface area contributed by atoms with Crippen LogP contribution in [0.1, 0.15) is 78.9 Å². The molecule has 4 aromatic carbocycles. The molecule has 0 spiro atoms. The zero-order chi connectivity index (χ0) is 50.0. The van der Waals surface area contributed by atoms with Gasteiger partial charge in [0.15, 0.2) is 11.5 Å². The number of aromatic nitrogens is 1. The van der Waals surface area contributed by atoms with E-state index in [9.17, 15) is 20.3 Å². The molecule has 376 valence electrons. The van der Waals surface area contributed by atoms with E-state index in [-0.39, 0.29) is 82.0 Å². The quantitative estimate of drug-likeness (QED) is 0.0288. The number of aliphatic hydroxyl groups is 2. The van der Waals surface area contributed by atoms with Crippen LogP contribution in [-0.4, -0.2) is 75.3 Å². The maximum Gasteiger partial charge on any atom is 0.416 e. The van der Waals surface area contributed by atoms with Gasteiger partial charge in [0.2, 0.25) is 12.6 Å². The van der Waals surface area contributed by atoms with E-state index >= 15 is 4.79 Å². The summed E-state index contributed by atoms with van der Waals surface area (Å²) in [6, 6.07) is 31.2. The van der Waals surface area contributed by atoms with Gasteiger partial charge in [-0.25, -0.2) is 4.79 Å². The number of unbranched alkanes of at least 4 members (excludes halogenated alkanes) is 2. The van der Waals surface area contributed by atoms with Crippen molar-refractivity contribution >= 4 is 17.5 Å². The van der Waals surface area contributed by atoms with E-state index in [1.807, 2.05) is 85.8 Å². The van der Waals surface area contributed by atoms with Gasteiger partial charge in [0.1, 0.15) is 36.5 Å². The molecule has 3 heterocycles. The topological polar surface area (TPSA) is 194 Å². The molecule has 5 aromatic rings. The molecule has 1 fully saturated rings. The van der Waals surface area contributed by atoms with Crippen LogP contribution in [0.2, 0.25) is 0 Å². The van der Waals surface area contributed by atoms with Crippen molar-refractivity contribution in [1.82, 2.24) is 9.88 Å². The molecule has 16 nitrogen and oxygen atoms in total. The number of oxime groups is 1. The lowest BCUT2D eigenvalue weighted by Gasteiger charge is -2.59. The van der Waals surface area contributed by atoms with E-state index in [4.69, 9.17) is 38.4 Å². The molecule has 1 saturated carbocycles. The van der Waals surface area contributed by atoms with Crippen molar-refractivity contribution in [2.75, 3.05) is 26.6 Å². The average Bonchev–Trinajstić information content (AvgIpc) is 3.87. The Bertz CT molecular complexity index is 2770. The Balaban J connectivity index is 1.23. The second-order valence-corrected chi connectivity index (χ2v) is 18.5. The molecule has 0 radical (unpaired) electrons. The number of carbonyl (C=O) groups is 1. The molecule has 0 unspecified atom stereocenters. The summed E-state index contributed by atoms with van der Waals surface area (Å²) in [4.78, 5) is 38.9. The first-order valence-electron chi connectivity index (χ1n) is 24.6. The molecule has 1 amide bonds. The molecule has 0 saturated heterocycles. The van der Waals surface area contributed by atoms with E-state index in [0.717, 1.165) is 53.8 Å². The molecule has 2 N–H and O–H groups in total. The fourth-order valence-corrected chi connectivity index (χ4v) is 10.7. The minimum absolute atomic E-state index is 0.0108. The summed E-state index contributed by atoms with van der Waals surface area (Å²) in [5, 5.41) is 36.7. The Hall–Kier alpha value is -7.27. The highest BCUT2D eigenvalue weighted by molar-refractivity contribution is 6.03. The lowest BCUT2D eigenvalue weighted by molar-refractivity contribution is -0.384. The minimum atomic E-state index is -1.62. The standard InChI is InChI=1S/C56H60N4O12/c1-3-28-69-56-52(59(33-39-18-24-50-51(29-39)68-36-67-50)55(63)71-43-21-19-42(20-22-43)60(64)65)32-48(58-70-34-38-13-5-4-6-14-38)46-30-40(15-7-9-26-61)45(17-8-10-27-62)53(54(46)56)47-31-44(23-25-49(47)72-56)66-35-41-16-11-12-37(2)57-41/h3-6,11-14,16,18-25,29-31,40,45,52-54,61-62H,1,7-10,15,17,26-28,32-36H2,2H3/t40-,45+,52-,53+,54+,56+/m0/s1. The lowest BCUT2D eigenvalue weighted by atomic mass is 9.55. The van der Waals surface area contributed by atoms with Crippen molar-refractivity contribution < 1.29 is 53.2 Å². The maximum absolute atomic E-state index is 15.3. The van der Waals surface area contributed by atoms with Crippen LogP contribution in [-0.2, 0) is 29.3 Å². The molecule has 16 heteroatoms. The van der Waals surface area contributed by atoms with Gasteiger partial charge in [0.25, 0.3) is 5.69 Å². The van der Waals surface area contributed by atoms with Crippen LogP contribution >= 0.6 is 0 Å². The highest BCUT2D eigenvalue weighted by atomic mass is 16.7. The number of carbonyl (C=O) groups excluding carboxylic acids is 1. The summed E-state index contributed by atoms with van der Waals surface area (Å²) >= 11 is 0. The van der Waals surface area contributed by atoms with Crippen LogP contribution in [0.3, 0.4) is 0 Å². The van der Waals surface area contributed by atoms with Crippen molar-refractivity contribution in [3.8, 4) is 28.7 Å². The molecular weight excluding hydrogens is 921 g/mol. The molecular formula is C56H60N4O12. The Kier molecular flexibility index (Phi) is 15.8. The zero-order valence-electron chi connectivity index (χ0n) is 40.3. The number of non-ortho nitro benzene ring substituents is 1. The van der Waals surface area contributed by atoms with E-state index in [2.05, 4.69) is 17.6 Å². The first kappa shape index (κ1) is 49.7. The van der Waals surface area contributed by atoms with Gasteiger partial charge in [-0.3, -0.25) is 20.0 Å². The number of nitrogens with zero attached hydrogens (tertiary/aromatic N) is 4. The summed E-state index contributed by atoms with van der Waals surface area (Å²) in [5.74, 6) is -0.315. The SMILES string of the molecule is C=CCO[C@@]12Oc3ccc(OCc4cccc(C)n4)cc3[C@H]3[C@H](CCCCO)[C@@H](CCCCO)C=C(C(=NOCc4ccccc4)C[C@@H]1N(Cc1ccc4c(c1)OCO4)C(=O)Oc1ccc([N+](=O)[O-])cc1)[C@H]32. The molecule has 6 atom stereocenters. The van der Waals surface area contributed by atoms with Crippen LogP contribution in [0.4, 0.5) is 10.5 Å². The molecule has 2 aliphatic carbocycles. The number of aryl methyl sites for hydroxylation is 1. The van der Waals surface area contributed by atoms with E-state index in [1.54, 1.807) is 17.0 Å². The Morgan fingerprint density at radius 1 is 0.889 bits per heavy atom. The second-order valence-electron chi connectivity index (χ2n) is 18.5. The third kappa shape index (κ3) is 11.0. The van der Waals surface area contributed by atoms with Crippen molar-refractivity contribution in [1.29, 1.82) is 0 Å². The van der Waals surface area contributed by atoms with Gasteiger partial charge < -0.3 is 43.5 Å². The number of amides is 1. The predicted molar refractivity (Wildman–Crippen MR) is 267 cm³/mol. The van der Waals surface area contributed by atoms with Crippen molar-refractivity contribution in [2.45, 2.75) is 89.4 Å². The molecule has 9 rings (SSSR count). The molecule has 72 heavy (non-hydrogen) atoms. The van der Waals surface area contributed by atoms with Crippen LogP contribution in [0.5, 0.6) is 28.7 Å². The first-order valence-corrected chi connectivity index (χ1v) is 24.6. The van der Waals surface area contributed by atoms with E-state index < -0.39 is 28.8 Å². The highest BCUT2D eigenvalue weighted by Gasteiger charge is 2.66. The number of rotatable bonds is 22. The largest absolute Gasteiger partial charge is 0.487 e. The second kappa shape index (κ2) is 22.9. The number of hydrogen-bond acceptors (Lipinski definition) is 14. The normalized spacial score (nSPS) is 21.9. The predicted octanol–water partition coefficient (Wildman–Crippen LogP) is 10.1. The third-order valence-corrected chi connectivity index (χ3v) is 13.9. The van der Waals surface area contributed by atoms with Crippen molar-refractivity contribution in [3.63, 3.8) is 0 Å². The van der Waals surface area contributed by atoms with Gasteiger partial charge >= 0.3 is 6.09 Å². The van der Waals surface area contributed by atoms with E-state index in [1.165, 1.54) is 24.3 Å². The fraction of sp³-hybridized carbons (Fsp3) is 0.375. The van der Waals surface area contributed by atoms with Crippen molar-refractivity contribution in [2.24, 2.45) is 22.9 Å². The lowest BCUT2D eigenvalue weighted by Crippen LogP contribution is -2.70. The summed E-state index contributed by atoms with van der Waals surface area (Å²) in [6.45, 7) is 6.58. The number of nitro benzene ring substituents is 1. The van der Waals surface area contributed by atoms with Crippen molar-refractivity contribution in [3.05, 3.63) is 172 Å². The number of pyridine rings is 1. The maximum atomic E-state index is 15.3. The van der Waals surface area contributed by atoms with Crippen LogP contribution in [0.25, 0.3) is 0 Å². The van der Waals surface area contributed by atoms with Gasteiger partial charge in [0.05, 0.1) is 28.9 Å². The number of benzene rings is 4.